The topological polar surface area (TPSA) is 53.6 Å². The minimum atomic E-state index is 0.595. The second-order valence-corrected chi connectivity index (χ2v) is 5.03. The molecule has 106 valence electrons. The van der Waals surface area contributed by atoms with Gasteiger partial charge in [0.05, 0.1) is 17.2 Å². The molecule has 0 spiro atoms. The van der Waals surface area contributed by atoms with Gasteiger partial charge in [-0.05, 0) is 23.8 Å². The summed E-state index contributed by atoms with van der Waals surface area (Å²) in [6.07, 6.45) is 1.81. The number of anilines is 2. The molecule has 2 aromatic carbocycles. The van der Waals surface area contributed by atoms with Gasteiger partial charge in [0.2, 0.25) is 5.95 Å². The highest BCUT2D eigenvalue weighted by atomic mass is 15.1. The van der Waals surface area contributed by atoms with E-state index in [1.165, 1.54) is 0 Å². The summed E-state index contributed by atoms with van der Waals surface area (Å²) in [6.45, 7) is 0. The van der Waals surface area contributed by atoms with E-state index in [2.05, 4.69) is 32.4 Å². The first kappa shape index (κ1) is 12.6. The Morgan fingerprint density at radius 1 is 0.864 bits per heavy atom. The number of H-pyrrole nitrogens is 1. The first-order valence-electron chi connectivity index (χ1n) is 7.12. The number of para-hydroxylation sites is 1. The predicted octanol–water partition coefficient (Wildman–Crippen LogP) is 4.37. The highest BCUT2D eigenvalue weighted by Gasteiger charge is 2.06. The van der Waals surface area contributed by atoms with E-state index in [9.17, 15) is 0 Å². The molecule has 0 aliphatic heterocycles. The Morgan fingerprint density at radius 2 is 1.59 bits per heavy atom. The van der Waals surface area contributed by atoms with E-state index in [4.69, 9.17) is 0 Å². The Kier molecular flexibility index (Phi) is 3.05. The first-order chi connectivity index (χ1) is 10.9. The van der Waals surface area contributed by atoms with E-state index >= 15 is 0 Å². The third kappa shape index (κ3) is 2.42. The number of benzene rings is 2. The zero-order valence-corrected chi connectivity index (χ0v) is 11.8. The third-order valence-corrected chi connectivity index (χ3v) is 3.48. The van der Waals surface area contributed by atoms with Crippen LogP contribution in [0.1, 0.15) is 0 Å². The number of nitrogens with zero attached hydrogens (tertiary/aromatic N) is 2. The van der Waals surface area contributed by atoms with E-state index in [-0.39, 0.29) is 0 Å². The Hall–Kier alpha value is -3.14. The van der Waals surface area contributed by atoms with Gasteiger partial charge in [-0.1, -0.05) is 48.5 Å². The third-order valence-electron chi connectivity index (χ3n) is 3.48. The molecule has 22 heavy (non-hydrogen) atoms. The highest BCUT2D eigenvalue weighted by Crippen LogP contribution is 2.23. The van der Waals surface area contributed by atoms with Gasteiger partial charge in [-0.3, -0.25) is 0 Å². The summed E-state index contributed by atoms with van der Waals surface area (Å²) in [4.78, 5) is 12.3. The lowest BCUT2D eigenvalue weighted by molar-refractivity contribution is 1.21. The monoisotopic (exact) mass is 286 g/mol. The quantitative estimate of drug-likeness (QED) is 0.588. The van der Waals surface area contributed by atoms with Crippen molar-refractivity contribution >= 4 is 22.7 Å². The van der Waals surface area contributed by atoms with E-state index in [0.29, 0.717) is 5.95 Å². The molecule has 0 unspecified atom stereocenters. The summed E-state index contributed by atoms with van der Waals surface area (Å²) < 4.78 is 0. The average Bonchev–Trinajstić information content (AvgIpc) is 3.00. The molecule has 0 aliphatic rings. The van der Waals surface area contributed by atoms with Crippen LogP contribution in [0, 0.1) is 0 Å². The maximum absolute atomic E-state index is 4.56. The predicted molar refractivity (Wildman–Crippen MR) is 89.0 cm³/mol. The maximum Gasteiger partial charge on any atom is 0.227 e. The molecule has 0 fully saturated rings. The van der Waals surface area contributed by atoms with E-state index < -0.39 is 0 Å². The molecule has 0 radical (unpaired) electrons. The number of hydrogen-bond donors (Lipinski definition) is 2. The molecule has 0 amide bonds. The van der Waals surface area contributed by atoms with Gasteiger partial charge in [0.15, 0.2) is 0 Å². The molecule has 0 bridgehead atoms. The fourth-order valence-corrected chi connectivity index (χ4v) is 2.40. The molecule has 4 aromatic rings. The van der Waals surface area contributed by atoms with Crippen molar-refractivity contribution in [3.8, 4) is 11.3 Å². The van der Waals surface area contributed by atoms with Gasteiger partial charge in [-0.15, -0.1) is 0 Å². The summed E-state index contributed by atoms with van der Waals surface area (Å²) in [5, 5.41) is 3.21. The van der Waals surface area contributed by atoms with Gasteiger partial charge < -0.3 is 10.3 Å². The zero-order chi connectivity index (χ0) is 14.8. The number of rotatable bonds is 3. The van der Waals surface area contributed by atoms with Crippen molar-refractivity contribution in [2.75, 3.05) is 5.32 Å². The highest BCUT2D eigenvalue weighted by molar-refractivity contribution is 5.83. The lowest BCUT2D eigenvalue weighted by Gasteiger charge is -2.03. The standard InChI is InChI=1S/C18H14N4/c1-3-7-13(8-4-1)15-11-16-17(21-15)12-19-18(22-16)20-14-9-5-2-6-10-14/h1-12,21H,(H,19,20,22). The van der Waals surface area contributed by atoms with Gasteiger partial charge >= 0.3 is 0 Å². The molecule has 2 heterocycles. The van der Waals surface area contributed by atoms with Crippen LogP contribution in [-0.4, -0.2) is 15.0 Å². The number of hydrogen-bond acceptors (Lipinski definition) is 3. The van der Waals surface area contributed by atoms with Crippen LogP contribution in [0.4, 0.5) is 11.6 Å². The van der Waals surface area contributed by atoms with Gasteiger partial charge in [0.1, 0.15) is 0 Å². The molecule has 2 N–H and O–H groups in total. The molecule has 0 atom stereocenters. The van der Waals surface area contributed by atoms with Crippen molar-refractivity contribution < 1.29 is 0 Å². The molecule has 0 saturated heterocycles. The number of aromatic amines is 1. The first-order valence-corrected chi connectivity index (χ1v) is 7.12. The second kappa shape index (κ2) is 5.33. The zero-order valence-electron chi connectivity index (χ0n) is 11.8. The van der Waals surface area contributed by atoms with Crippen molar-refractivity contribution in [1.29, 1.82) is 0 Å². The summed E-state index contributed by atoms with van der Waals surface area (Å²) in [5.41, 5.74) is 4.98. The van der Waals surface area contributed by atoms with E-state index in [1.807, 2.05) is 54.6 Å². The Morgan fingerprint density at radius 3 is 2.36 bits per heavy atom. The number of nitrogens with one attached hydrogen (secondary N) is 2. The molecule has 4 rings (SSSR count). The molecule has 4 heteroatoms. The molecule has 4 nitrogen and oxygen atoms in total. The van der Waals surface area contributed by atoms with E-state index in [1.54, 1.807) is 6.20 Å². The van der Waals surface area contributed by atoms with Gasteiger partial charge in [-0.2, -0.15) is 0 Å². The molecular weight excluding hydrogens is 272 g/mol. The van der Waals surface area contributed by atoms with Crippen molar-refractivity contribution in [3.63, 3.8) is 0 Å². The lowest BCUT2D eigenvalue weighted by Crippen LogP contribution is -1.95. The summed E-state index contributed by atoms with van der Waals surface area (Å²) in [6, 6.07) is 22.1. The average molecular weight is 286 g/mol. The Balaban J connectivity index is 1.69. The largest absolute Gasteiger partial charge is 0.352 e. The maximum atomic E-state index is 4.56. The minimum absolute atomic E-state index is 0.595. The number of aromatic nitrogens is 3. The van der Waals surface area contributed by atoms with Crippen LogP contribution in [-0.2, 0) is 0 Å². The van der Waals surface area contributed by atoms with Crippen molar-refractivity contribution in [2.45, 2.75) is 0 Å². The summed E-state index contributed by atoms with van der Waals surface area (Å²) >= 11 is 0. The summed E-state index contributed by atoms with van der Waals surface area (Å²) in [5.74, 6) is 0.595. The van der Waals surface area contributed by atoms with Gasteiger partial charge in [-0.25, -0.2) is 9.97 Å². The molecular formula is C18H14N4. The van der Waals surface area contributed by atoms with Crippen LogP contribution in [0.5, 0.6) is 0 Å². The number of fused-ring (bicyclic) bond motifs is 1. The van der Waals surface area contributed by atoms with Crippen LogP contribution in [0.3, 0.4) is 0 Å². The second-order valence-electron chi connectivity index (χ2n) is 5.03. The van der Waals surface area contributed by atoms with Crippen LogP contribution < -0.4 is 5.32 Å². The van der Waals surface area contributed by atoms with E-state index in [0.717, 1.165) is 28.0 Å². The fourth-order valence-electron chi connectivity index (χ4n) is 2.40. The smallest absolute Gasteiger partial charge is 0.227 e. The van der Waals surface area contributed by atoms with Crippen LogP contribution in [0.25, 0.3) is 22.3 Å². The van der Waals surface area contributed by atoms with Crippen molar-refractivity contribution in [2.24, 2.45) is 0 Å². The lowest BCUT2D eigenvalue weighted by atomic mass is 10.2. The molecule has 0 aliphatic carbocycles. The minimum Gasteiger partial charge on any atom is -0.352 e. The van der Waals surface area contributed by atoms with Crippen LogP contribution in [0.2, 0.25) is 0 Å². The van der Waals surface area contributed by atoms with Crippen LogP contribution >= 0.6 is 0 Å². The van der Waals surface area contributed by atoms with Gasteiger partial charge in [0.25, 0.3) is 0 Å². The van der Waals surface area contributed by atoms with Gasteiger partial charge in [0, 0.05) is 11.4 Å². The fraction of sp³-hybridized carbons (Fsp3) is 0. The van der Waals surface area contributed by atoms with Crippen LogP contribution in [0.15, 0.2) is 72.9 Å². The summed E-state index contributed by atoms with van der Waals surface area (Å²) in [7, 11) is 0. The normalized spacial score (nSPS) is 10.7. The SMILES string of the molecule is c1ccc(Nc2ncc3[nH]c(-c4ccccc4)cc3n2)cc1. The Labute approximate surface area is 127 Å². The molecule has 0 saturated carbocycles. The van der Waals surface area contributed by atoms with Crippen molar-refractivity contribution in [1.82, 2.24) is 15.0 Å². The Bertz CT molecular complexity index is 898. The van der Waals surface area contributed by atoms with Crippen molar-refractivity contribution in [3.05, 3.63) is 72.9 Å². The molecule has 2 aromatic heterocycles.